The fraction of sp³-hybridized carbons (Fsp3) is 0.405. The van der Waals surface area contributed by atoms with Crippen molar-refractivity contribution in [1.82, 2.24) is 38.7 Å². The van der Waals surface area contributed by atoms with E-state index in [1.807, 2.05) is 68.1 Å². The summed E-state index contributed by atoms with van der Waals surface area (Å²) in [5, 5.41) is 10.5. The number of aryl methyl sites for hydroxylation is 2. The van der Waals surface area contributed by atoms with Crippen LogP contribution in [0, 0.1) is 6.92 Å². The van der Waals surface area contributed by atoms with Gasteiger partial charge in [-0.05, 0) is 65.0 Å². The van der Waals surface area contributed by atoms with E-state index < -0.39 is 11.5 Å². The van der Waals surface area contributed by atoms with Crippen molar-refractivity contribution in [1.29, 1.82) is 0 Å². The van der Waals surface area contributed by atoms with Gasteiger partial charge in [0.05, 0.1) is 23.8 Å². The summed E-state index contributed by atoms with van der Waals surface area (Å²) in [5.74, 6) is 0.662. The van der Waals surface area contributed by atoms with Gasteiger partial charge in [0.15, 0.2) is 0 Å². The second-order valence-corrected chi connectivity index (χ2v) is 15.2. The number of nitrogens with one attached hydrogen (secondary N) is 2. The molecule has 6 rings (SSSR count). The number of hydrogen-bond acceptors (Lipinski definition) is 12. The van der Waals surface area contributed by atoms with Gasteiger partial charge in [0, 0.05) is 70.5 Å². The SMILES string of the molecule is CCn1nc(C)cc1C(=O)Nc1nc2cc(C=O)cc(OC)c2n1C/C=C/Cn1c(NC)nc2cc(C(N)=O)cc(OC/C=C/CN3CCN(C(=O)OC(C)(C)C)CC3)c21. The first-order chi connectivity index (χ1) is 28.7. The van der Waals surface area contributed by atoms with Crippen LogP contribution in [-0.4, -0.2) is 122 Å². The first kappa shape index (κ1) is 42.9. The van der Waals surface area contributed by atoms with Crippen molar-refractivity contribution in [2.75, 3.05) is 64.1 Å². The van der Waals surface area contributed by atoms with Crippen molar-refractivity contribution in [3.8, 4) is 11.5 Å². The van der Waals surface area contributed by atoms with E-state index >= 15 is 0 Å². The third-order valence-electron chi connectivity index (χ3n) is 9.79. The van der Waals surface area contributed by atoms with E-state index in [1.54, 1.807) is 47.0 Å². The second-order valence-electron chi connectivity index (χ2n) is 15.2. The monoisotopic (exact) mass is 823 g/mol. The molecular weight excluding hydrogens is 771 g/mol. The average Bonchev–Trinajstić information content (AvgIpc) is 3.90. The summed E-state index contributed by atoms with van der Waals surface area (Å²) in [4.78, 5) is 63.5. The third kappa shape index (κ3) is 9.77. The molecule has 3 aromatic heterocycles. The number of hydrogen-bond donors (Lipinski definition) is 3. The van der Waals surface area contributed by atoms with Crippen LogP contribution in [0.5, 0.6) is 11.5 Å². The lowest BCUT2D eigenvalue weighted by Gasteiger charge is -2.35. The lowest BCUT2D eigenvalue weighted by Crippen LogP contribution is -2.49. The number of nitrogens with zero attached hydrogens (tertiary/aromatic N) is 8. The Morgan fingerprint density at radius 2 is 1.52 bits per heavy atom. The van der Waals surface area contributed by atoms with Crippen LogP contribution in [0.3, 0.4) is 0 Å². The number of primary amides is 1. The highest BCUT2D eigenvalue weighted by Gasteiger charge is 2.26. The first-order valence-electron chi connectivity index (χ1n) is 19.8. The van der Waals surface area contributed by atoms with Crippen molar-refractivity contribution >= 4 is 58.2 Å². The molecule has 0 spiro atoms. The molecule has 0 unspecified atom stereocenters. The summed E-state index contributed by atoms with van der Waals surface area (Å²) in [6.45, 7) is 13.9. The Morgan fingerprint density at radius 3 is 2.15 bits per heavy atom. The molecule has 4 N–H and O–H groups in total. The van der Waals surface area contributed by atoms with E-state index in [9.17, 15) is 19.2 Å². The van der Waals surface area contributed by atoms with Crippen LogP contribution in [0.1, 0.15) is 64.6 Å². The van der Waals surface area contributed by atoms with Gasteiger partial charge in [-0.25, -0.2) is 14.8 Å². The first-order valence-corrected chi connectivity index (χ1v) is 19.8. The van der Waals surface area contributed by atoms with Crippen molar-refractivity contribution in [2.45, 2.75) is 59.9 Å². The van der Waals surface area contributed by atoms with Gasteiger partial charge in [0.25, 0.3) is 5.91 Å². The number of piperazine rings is 1. The molecule has 1 aliphatic rings. The van der Waals surface area contributed by atoms with Gasteiger partial charge < -0.3 is 39.3 Å². The minimum atomic E-state index is -0.608. The Kier molecular flexibility index (Phi) is 13.2. The molecule has 18 heteroatoms. The molecule has 1 saturated heterocycles. The summed E-state index contributed by atoms with van der Waals surface area (Å²) in [5.41, 5.74) is 9.16. The van der Waals surface area contributed by atoms with E-state index in [2.05, 4.69) is 20.6 Å². The summed E-state index contributed by atoms with van der Waals surface area (Å²) >= 11 is 0. The van der Waals surface area contributed by atoms with Gasteiger partial charge in [-0.2, -0.15) is 5.10 Å². The molecule has 4 heterocycles. The molecule has 60 heavy (non-hydrogen) atoms. The third-order valence-corrected chi connectivity index (χ3v) is 9.79. The topological polar surface area (TPSA) is 206 Å². The largest absolute Gasteiger partial charge is 0.494 e. The number of aldehydes is 1. The van der Waals surface area contributed by atoms with Crippen LogP contribution >= 0.6 is 0 Å². The molecule has 0 bridgehead atoms. The van der Waals surface area contributed by atoms with Gasteiger partial charge >= 0.3 is 6.09 Å². The highest BCUT2D eigenvalue weighted by molar-refractivity contribution is 6.03. The normalized spacial score (nSPS) is 13.8. The van der Waals surface area contributed by atoms with E-state index in [0.717, 1.165) is 19.4 Å². The zero-order valence-electron chi connectivity index (χ0n) is 35.2. The van der Waals surface area contributed by atoms with Crippen molar-refractivity contribution < 1.29 is 33.4 Å². The van der Waals surface area contributed by atoms with Gasteiger partial charge in [-0.1, -0.05) is 24.3 Å². The van der Waals surface area contributed by atoms with Crippen molar-refractivity contribution in [2.24, 2.45) is 5.73 Å². The number of ether oxygens (including phenoxy) is 3. The molecule has 18 nitrogen and oxygen atoms in total. The molecule has 0 aliphatic carbocycles. The fourth-order valence-electron chi connectivity index (χ4n) is 6.96. The van der Waals surface area contributed by atoms with Gasteiger partial charge in [-0.15, -0.1) is 0 Å². The van der Waals surface area contributed by atoms with Crippen LogP contribution in [0.15, 0.2) is 54.6 Å². The number of benzene rings is 2. The Morgan fingerprint density at radius 1 is 0.867 bits per heavy atom. The number of fused-ring (bicyclic) bond motifs is 2. The minimum absolute atomic E-state index is 0.222. The molecular formula is C42H53N11O7. The molecule has 318 valence electrons. The lowest BCUT2D eigenvalue weighted by molar-refractivity contribution is 0.0154. The Balaban J connectivity index is 1.20. The van der Waals surface area contributed by atoms with Crippen LogP contribution in [0.4, 0.5) is 16.7 Å². The maximum absolute atomic E-state index is 13.5. The number of rotatable bonds is 16. The van der Waals surface area contributed by atoms with Gasteiger partial charge in [0.2, 0.25) is 17.8 Å². The summed E-state index contributed by atoms with van der Waals surface area (Å²) in [6, 6.07) is 8.24. The highest BCUT2D eigenvalue weighted by atomic mass is 16.6. The number of aromatic nitrogens is 6. The average molecular weight is 824 g/mol. The highest BCUT2D eigenvalue weighted by Crippen LogP contribution is 2.32. The smallest absolute Gasteiger partial charge is 0.410 e. The number of carbonyl (C=O) groups excluding carboxylic acids is 4. The number of amides is 3. The zero-order chi connectivity index (χ0) is 43.1. The summed E-state index contributed by atoms with van der Waals surface area (Å²) < 4.78 is 22.8. The number of imidazole rings is 2. The van der Waals surface area contributed by atoms with Crippen LogP contribution < -0.4 is 25.8 Å². The predicted octanol–water partition coefficient (Wildman–Crippen LogP) is 4.87. The van der Waals surface area contributed by atoms with Crippen LogP contribution in [0.2, 0.25) is 0 Å². The number of allylic oxidation sites excluding steroid dienone is 2. The molecule has 1 aliphatic heterocycles. The Labute approximate surface area is 347 Å². The predicted molar refractivity (Wildman–Crippen MR) is 228 cm³/mol. The molecule has 0 radical (unpaired) electrons. The minimum Gasteiger partial charge on any atom is -0.494 e. The van der Waals surface area contributed by atoms with Crippen LogP contribution in [-0.2, 0) is 24.4 Å². The van der Waals surface area contributed by atoms with E-state index in [0.29, 0.717) is 89.2 Å². The van der Waals surface area contributed by atoms with Gasteiger partial charge in [-0.3, -0.25) is 29.3 Å². The number of anilines is 2. The number of carbonyl (C=O) groups is 4. The van der Waals surface area contributed by atoms with Crippen molar-refractivity contribution in [3.63, 3.8) is 0 Å². The lowest BCUT2D eigenvalue weighted by atomic mass is 10.1. The molecule has 2 aromatic carbocycles. The standard InChI is InChI=1S/C42H53N11O7/c1-8-53-32(21-27(2)48-53)38(56)47-40-46-30-22-28(26-54)23-33(58-7)35(30)52(40)15-10-9-14-51-36-31(45-39(51)44-6)24-29(37(43)55)25-34(36)59-20-12-11-13-49-16-18-50(19-17-49)41(57)60-42(3,4)5/h9-12,21-26H,8,13-20H2,1-7H3,(H2,43,55)(H,44,45)(H,46,47,56)/b10-9+,12-11+. The molecule has 1 fully saturated rings. The summed E-state index contributed by atoms with van der Waals surface area (Å²) in [6.07, 6.45) is 8.21. The summed E-state index contributed by atoms with van der Waals surface area (Å²) in [7, 11) is 3.27. The van der Waals surface area contributed by atoms with Gasteiger partial charge in [0.1, 0.15) is 46.7 Å². The molecule has 3 amide bonds. The van der Waals surface area contributed by atoms with E-state index in [4.69, 9.17) is 29.9 Å². The quantitative estimate of drug-likeness (QED) is 0.0901. The van der Waals surface area contributed by atoms with Crippen molar-refractivity contribution in [3.05, 3.63) is 77.2 Å². The number of nitrogens with two attached hydrogens (primary N) is 1. The second kappa shape index (κ2) is 18.5. The van der Waals surface area contributed by atoms with Crippen LogP contribution in [0.25, 0.3) is 22.1 Å². The maximum Gasteiger partial charge on any atom is 0.410 e. The Bertz CT molecular complexity index is 2450. The molecule has 0 saturated carbocycles. The zero-order valence-corrected chi connectivity index (χ0v) is 35.2. The molecule has 5 aromatic rings. The number of methoxy groups -OCH3 is 1. The van der Waals surface area contributed by atoms with E-state index in [-0.39, 0.29) is 36.7 Å². The fourth-order valence-corrected chi connectivity index (χ4v) is 6.96. The van der Waals surface area contributed by atoms with E-state index in [1.165, 1.54) is 7.11 Å². The molecule has 0 atom stereocenters. The Hall–Kier alpha value is -6.69. The maximum atomic E-state index is 13.5.